The predicted molar refractivity (Wildman–Crippen MR) is 89.2 cm³/mol. The van der Waals surface area contributed by atoms with E-state index in [-0.39, 0.29) is 11.6 Å². The molecule has 3 nitrogen and oxygen atoms in total. The lowest BCUT2D eigenvalue weighted by atomic mass is 10.2. The summed E-state index contributed by atoms with van der Waals surface area (Å²) in [4.78, 5) is 0. The second-order valence-corrected chi connectivity index (χ2v) is 5.63. The van der Waals surface area contributed by atoms with Crippen molar-refractivity contribution in [1.29, 1.82) is 0 Å². The lowest BCUT2D eigenvalue weighted by molar-refractivity contribution is 0.199. The van der Waals surface area contributed by atoms with Gasteiger partial charge in [-0.3, -0.25) is 0 Å². The van der Waals surface area contributed by atoms with Gasteiger partial charge in [0.25, 0.3) is 0 Å². The van der Waals surface area contributed by atoms with Gasteiger partial charge in [-0.15, -0.1) is 0 Å². The van der Waals surface area contributed by atoms with Crippen LogP contribution in [0.2, 0.25) is 0 Å². The van der Waals surface area contributed by atoms with E-state index < -0.39 is 0 Å². The average molecular weight is 401 g/mol. The molecule has 0 fully saturated rings. The van der Waals surface area contributed by atoms with Crippen LogP contribution in [0.3, 0.4) is 0 Å². The molecule has 5 heteroatoms. The number of para-hydroxylation sites is 1. The molecule has 2 aromatic carbocycles. The summed E-state index contributed by atoms with van der Waals surface area (Å²) in [6.07, 6.45) is 0. The molecule has 112 valence electrons. The lowest BCUT2D eigenvalue weighted by Gasteiger charge is -2.10. The van der Waals surface area contributed by atoms with Crippen LogP contribution >= 0.6 is 22.6 Å². The van der Waals surface area contributed by atoms with Crippen molar-refractivity contribution in [3.05, 3.63) is 57.4 Å². The molecule has 21 heavy (non-hydrogen) atoms. The molecule has 0 heterocycles. The molecule has 0 saturated heterocycles. The van der Waals surface area contributed by atoms with E-state index in [4.69, 9.17) is 9.47 Å². The minimum atomic E-state index is -0.360. The van der Waals surface area contributed by atoms with Crippen molar-refractivity contribution in [2.45, 2.75) is 6.54 Å². The van der Waals surface area contributed by atoms with Gasteiger partial charge in [0.1, 0.15) is 5.75 Å². The number of halogens is 2. The summed E-state index contributed by atoms with van der Waals surface area (Å²) in [6, 6.07) is 12.5. The van der Waals surface area contributed by atoms with E-state index in [9.17, 15) is 4.39 Å². The van der Waals surface area contributed by atoms with E-state index in [2.05, 4.69) is 27.9 Å². The Morgan fingerprint density at radius 1 is 1.14 bits per heavy atom. The van der Waals surface area contributed by atoms with Gasteiger partial charge in [-0.25, -0.2) is 4.39 Å². The standard InChI is InChI=1S/C16H17FINO2/c1-20-9-8-19-11-12-6-7-15(13(17)10-12)21-16-5-3-2-4-14(16)18/h2-7,10,19H,8-9,11H2,1H3. The topological polar surface area (TPSA) is 30.5 Å². The number of rotatable bonds is 7. The first-order valence-electron chi connectivity index (χ1n) is 6.61. The molecule has 0 aliphatic rings. The molecule has 2 aromatic rings. The Balaban J connectivity index is 2.01. The van der Waals surface area contributed by atoms with E-state index >= 15 is 0 Å². The fourth-order valence-corrected chi connectivity index (χ4v) is 2.29. The third-order valence-corrected chi connectivity index (χ3v) is 3.76. The first kappa shape index (κ1) is 16.2. The van der Waals surface area contributed by atoms with Crippen molar-refractivity contribution in [2.24, 2.45) is 0 Å². The highest BCUT2D eigenvalue weighted by Crippen LogP contribution is 2.28. The fourth-order valence-electron chi connectivity index (χ4n) is 1.79. The molecule has 0 bridgehead atoms. The Bertz CT molecular complexity index is 592. The van der Waals surface area contributed by atoms with Crippen molar-refractivity contribution in [1.82, 2.24) is 5.32 Å². The predicted octanol–water partition coefficient (Wildman–Crippen LogP) is 3.96. The summed E-state index contributed by atoms with van der Waals surface area (Å²) < 4.78 is 25.6. The second kappa shape index (κ2) is 8.31. The van der Waals surface area contributed by atoms with Crippen LogP contribution in [0.25, 0.3) is 0 Å². The van der Waals surface area contributed by atoms with Gasteiger partial charge >= 0.3 is 0 Å². The lowest BCUT2D eigenvalue weighted by Crippen LogP contribution is -2.18. The van der Waals surface area contributed by atoms with Crippen LogP contribution in [0.4, 0.5) is 4.39 Å². The summed E-state index contributed by atoms with van der Waals surface area (Å²) >= 11 is 2.16. The van der Waals surface area contributed by atoms with Crippen molar-refractivity contribution < 1.29 is 13.9 Å². The summed E-state index contributed by atoms with van der Waals surface area (Å²) in [5.74, 6) is 0.531. The van der Waals surface area contributed by atoms with Gasteiger partial charge in [-0.2, -0.15) is 0 Å². The second-order valence-electron chi connectivity index (χ2n) is 4.47. The van der Waals surface area contributed by atoms with Crippen molar-refractivity contribution >= 4 is 22.6 Å². The summed E-state index contributed by atoms with van der Waals surface area (Å²) in [5, 5.41) is 3.17. The van der Waals surface area contributed by atoms with E-state index in [1.54, 1.807) is 13.2 Å². The van der Waals surface area contributed by atoms with E-state index in [0.717, 1.165) is 15.7 Å². The third kappa shape index (κ3) is 4.94. The van der Waals surface area contributed by atoms with Crippen LogP contribution in [0.15, 0.2) is 42.5 Å². The molecule has 0 aliphatic heterocycles. The average Bonchev–Trinajstić information content (AvgIpc) is 2.48. The monoisotopic (exact) mass is 401 g/mol. The van der Waals surface area contributed by atoms with Gasteiger partial charge in [0.05, 0.1) is 10.2 Å². The molecule has 0 aromatic heterocycles. The van der Waals surface area contributed by atoms with Crippen LogP contribution in [-0.2, 0) is 11.3 Å². The maximum absolute atomic E-state index is 14.1. The quantitative estimate of drug-likeness (QED) is 0.563. The zero-order valence-electron chi connectivity index (χ0n) is 11.7. The Morgan fingerprint density at radius 3 is 2.67 bits per heavy atom. The van der Waals surface area contributed by atoms with Crippen LogP contribution in [0.1, 0.15) is 5.56 Å². The molecular weight excluding hydrogens is 384 g/mol. The van der Waals surface area contributed by atoms with Crippen LogP contribution < -0.4 is 10.1 Å². The number of hydrogen-bond donors (Lipinski definition) is 1. The molecule has 0 amide bonds. The first-order chi connectivity index (χ1) is 10.2. The summed E-state index contributed by atoms with van der Waals surface area (Å²) in [7, 11) is 1.65. The van der Waals surface area contributed by atoms with E-state index in [1.807, 2.05) is 30.3 Å². The van der Waals surface area contributed by atoms with Crippen molar-refractivity contribution in [3.8, 4) is 11.5 Å². The number of ether oxygens (including phenoxy) is 2. The molecule has 1 N–H and O–H groups in total. The first-order valence-corrected chi connectivity index (χ1v) is 7.69. The normalized spacial score (nSPS) is 10.6. The highest BCUT2D eigenvalue weighted by atomic mass is 127. The van der Waals surface area contributed by atoms with Gasteiger partial charge in [-0.1, -0.05) is 18.2 Å². The number of nitrogens with one attached hydrogen (secondary N) is 1. The van der Waals surface area contributed by atoms with Crippen molar-refractivity contribution in [3.63, 3.8) is 0 Å². The van der Waals surface area contributed by atoms with Crippen molar-refractivity contribution in [2.75, 3.05) is 20.3 Å². The zero-order chi connectivity index (χ0) is 15.1. The van der Waals surface area contributed by atoms with Crippen LogP contribution in [0.5, 0.6) is 11.5 Å². The Kier molecular flexibility index (Phi) is 6.41. The largest absolute Gasteiger partial charge is 0.453 e. The molecule has 0 unspecified atom stereocenters. The summed E-state index contributed by atoms with van der Waals surface area (Å²) in [6.45, 7) is 1.97. The van der Waals surface area contributed by atoms with Gasteiger partial charge in [0.2, 0.25) is 0 Å². The minimum Gasteiger partial charge on any atom is -0.453 e. The highest BCUT2D eigenvalue weighted by molar-refractivity contribution is 14.1. The van der Waals surface area contributed by atoms with Gasteiger partial charge in [-0.05, 0) is 52.4 Å². The zero-order valence-corrected chi connectivity index (χ0v) is 13.9. The van der Waals surface area contributed by atoms with E-state index in [1.165, 1.54) is 6.07 Å². The van der Waals surface area contributed by atoms with Crippen LogP contribution in [0, 0.1) is 9.39 Å². The highest BCUT2D eigenvalue weighted by Gasteiger charge is 2.08. The van der Waals surface area contributed by atoms with Crippen LogP contribution in [-0.4, -0.2) is 20.3 Å². The van der Waals surface area contributed by atoms with E-state index in [0.29, 0.717) is 18.9 Å². The molecular formula is C16H17FINO2. The maximum atomic E-state index is 14.1. The summed E-state index contributed by atoms with van der Waals surface area (Å²) in [5.41, 5.74) is 0.874. The van der Waals surface area contributed by atoms with Gasteiger partial charge in [0.15, 0.2) is 11.6 Å². The number of methoxy groups -OCH3 is 1. The molecule has 2 rings (SSSR count). The SMILES string of the molecule is COCCNCc1ccc(Oc2ccccc2I)c(F)c1. The maximum Gasteiger partial charge on any atom is 0.166 e. The van der Waals surface area contributed by atoms with Gasteiger partial charge in [0, 0.05) is 20.2 Å². The minimum absolute atomic E-state index is 0.236. The molecule has 0 radical (unpaired) electrons. The molecule has 0 atom stereocenters. The Labute approximate surface area is 137 Å². The Morgan fingerprint density at radius 2 is 1.95 bits per heavy atom. The molecule has 0 spiro atoms. The number of hydrogen-bond acceptors (Lipinski definition) is 3. The molecule has 0 aliphatic carbocycles. The third-order valence-electron chi connectivity index (χ3n) is 2.86. The molecule has 0 saturated carbocycles. The smallest absolute Gasteiger partial charge is 0.166 e. The number of benzene rings is 2. The Hall–Kier alpha value is -1.18. The van der Waals surface area contributed by atoms with Gasteiger partial charge < -0.3 is 14.8 Å². The fraction of sp³-hybridized carbons (Fsp3) is 0.250.